The van der Waals surface area contributed by atoms with Crippen molar-refractivity contribution < 1.29 is 9.69 Å². The molecule has 2 aromatic carbocycles. The molecule has 0 bridgehead atoms. The Bertz CT molecular complexity index is 678. The van der Waals surface area contributed by atoms with Crippen LogP contribution in [0.5, 0.6) is 0 Å². The second-order valence-corrected chi connectivity index (χ2v) is 6.92. The summed E-state index contributed by atoms with van der Waals surface area (Å²) in [7, 11) is 0. The molecule has 2 aromatic rings. The van der Waals surface area contributed by atoms with Crippen LogP contribution in [0.3, 0.4) is 0 Å². The van der Waals surface area contributed by atoms with E-state index in [1.807, 2.05) is 30.3 Å². The van der Waals surface area contributed by atoms with Crippen LogP contribution in [0.15, 0.2) is 48.5 Å². The summed E-state index contributed by atoms with van der Waals surface area (Å²) in [5.41, 5.74) is 3.55. The Hall–Kier alpha value is -1.84. The van der Waals surface area contributed by atoms with Crippen molar-refractivity contribution in [2.24, 2.45) is 0 Å². The molecule has 1 fully saturated rings. The minimum atomic E-state index is 0.0423. The van der Waals surface area contributed by atoms with Gasteiger partial charge in [-0.2, -0.15) is 0 Å². The zero-order chi connectivity index (χ0) is 16.8. The second-order valence-electron chi connectivity index (χ2n) is 6.48. The van der Waals surface area contributed by atoms with Gasteiger partial charge in [0, 0.05) is 30.0 Å². The van der Waals surface area contributed by atoms with E-state index in [-0.39, 0.29) is 5.91 Å². The van der Waals surface area contributed by atoms with Crippen LogP contribution >= 0.6 is 11.6 Å². The first-order valence-electron chi connectivity index (χ1n) is 8.62. The van der Waals surface area contributed by atoms with Gasteiger partial charge in [-0.15, -0.1) is 0 Å². The maximum atomic E-state index is 12.2. The van der Waals surface area contributed by atoms with Gasteiger partial charge in [0.1, 0.15) is 6.54 Å². The summed E-state index contributed by atoms with van der Waals surface area (Å²) in [4.78, 5) is 13.8. The van der Waals surface area contributed by atoms with E-state index in [2.05, 4.69) is 23.5 Å². The van der Waals surface area contributed by atoms with Crippen LogP contribution in [-0.2, 0) is 24.3 Å². The highest BCUT2D eigenvalue weighted by Crippen LogP contribution is 2.11. The molecule has 3 nitrogen and oxygen atoms in total. The largest absolute Gasteiger partial charge is 0.352 e. The summed E-state index contributed by atoms with van der Waals surface area (Å²) >= 11 is 5.87. The van der Waals surface area contributed by atoms with Crippen LogP contribution in [0, 0.1) is 0 Å². The van der Waals surface area contributed by atoms with E-state index in [1.165, 1.54) is 37.1 Å². The third-order valence-corrected chi connectivity index (χ3v) is 4.88. The van der Waals surface area contributed by atoms with Gasteiger partial charge in [-0.3, -0.25) is 4.79 Å². The van der Waals surface area contributed by atoms with E-state index in [0.29, 0.717) is 18.0 Å². The molecule has 0 unspecified atom stereocenters. The van der Waals surface area contributed by atoms with Gasteiger partial charge >= 0.3 is 0 Å². The molecule has 0 atom stereocenters. The predicted octanol–water partition coefficient (Wildman–Crippen LogP) is 2.38. The Balaban J connectivity index is 1.55. The van der Waals surface area contributed by atoms with E-state index in [9.17, 15) is 4.79 Å². The first kappa shape index (κ1) is 17.0. The third kappa shape index (κ3) is 4.83. The zero-order valence-electron chi connectivity index (χ0n) is 13.9. The maximum Gasteiger partial charge on any atom is 0.224 e. The van der Waals surface area contributed by atoms with Crippen LogP contribution in [0.4, 0.5) is 0 Å². The fourth-order valence-electron chi connectivity index (χ4n) is 3.27. The summed E-state index contributed by atoms with van der Waals surface area (Å²) in [6, 6.07) is 15.9. The van der Waals surface area contributed by atoms with Crippen molar-refractivity contribution in [1.82, 2.24) is 5.32 Å². The number of likely N-dealkylation sites (tertiary alicyclic amines) is 1. The molecule has 1 saturated heterocycles. The van der Waals surface area contributed by atoms with Crippen molar-refractivity contribution in [2.75, 3.05) is 13.1 Å². The Kier molecular flexibility index (Phi) is 5.89. The number of carbonyl (C=O) groups is 1. The number of halogens is 1. The number of benzene rings is 2. The average molecular weight is 344 g/mol. The van der Waals surface area contributed by atoms with Crippen LogP contribution in [0.1, 0.15) is 29.5 Å². The number of quaternary nitrogens is 1. The van der Waals surface area contributed by atoms with Crippen LogP contribution in [0.25, 0.3) is 0 Å². The fraction of sp³-hybridized carbons (Fsp3) is 0.350. The van der Waals surface area contributed by atoms with Gasteiger partial charge in [-0.25, -0.2) is 0 Å². The van der Waals surface area contributed by atoms with E-state index >= 15 is 0 Å². The lowest BCUT2D eigenvalue weighted by molar-refractivity contribution is -0.901. The van der Waals surface area contributed by atoms with Crippen LogP contribution < -0.4 is 10.2 Å². The number of hydrogen-bond acceptors (Lipinski definition) is 1. The quantitative estimate of drug-likeness (QED) is 0.829. The second kappa shape index (κ2) is 8.32. The molecule has 1 amide bonds. The molecular formula is C20H24ClN2O+. The van der Waals surface area contributed by atoms with Crippen molar-refractivity contribution in [1.29, 1.82) is 0 Å². The summed E-state index contributed by atoms with van der Waals surface area (Å²) in [6.45, 7) is 4.17. The normalized spacial score (nSPS) is 14.7. The summed E-state index contributed by atoms with van der Waals surface area (Å²) in [5, 5.41) is 3.74. The topological polar surface area (TPSA) is 33.5 Å². The molecule has 0 spiro atoms. The number of carbonyl (C=O) groups excluding carboxylic acids is 1. The molecular weight excluding hydrogens is 320 g/mol. The number of rotatable bonds is 6. The van der Waals surface area contributed by atoms with Gasteiger partial charge in [-0.1, -0.05) is 48.0 Å². The first-order chi connectivity index (χ1) is 11.7. The zero-order valence-corrected chi connectivity index (χ0v) is 14.6. The fourth-order valence-corrected chi connectivity index (χ4v) is 3.39. The smallest absolute Gasteiger partial charge is 0.224 e. The lowest BCUT2D eigenvalue weighted by atomic mass is 10.1. The average Bonchev–Trinajstić information content (AvgIpc) is 3.09. The summed E-state index contributed by atoms with van der Waals surface area (Å²) in [5.74, 6) is 0.0423. The van der Waals surface area contributed by atoms with Crippen molar-refractivity contribution in [3.05, 3.63) is 70.2 Å². The molecule has 0 aliphatic carbocycles. The Morgan fingerprint density at radius 2 is 1.67 bits per heavy atom. The molecule has 126 valence electrons. The number of nitrogens with one attached hydrogen (secondary N) is 2. The van der Waals surface area contributed by atoms with Gasteiger partial charge < -0.3 is 10.2 Å². The van der Waals surface area contributed by atoms with E-state index in [4.69, 9.17) is 11.6 Å². The van der Waals surface area contributed by atoms with Crippen molar-refractivity contribution in [3.63, 3.8) is 0 Å². The molecule has 2 N–H and O–H groups in total. The van der Waals surface area contributed by atoms with Crippen molar-refractivity contribution in [3.8, 4) is 0 Å². The van der Waals surface area contributed by atoms with Gasteiger partial charge in [-0.05, 0) is 23.3 Å². The standard InChI is InChI=1S/C20H23ClN2O/c21-19-9-7-16(8-10-19)13-20(24)22-14-17-5-1-2-6-18(17)15-23-11-3-4-12-23/h1-2,5-10H,3-4,11-15H2,(H,22,24)/p+1. The summed E-state index contributed by atoms with van der Waals surface area (Å²) < 4.78 is 0. The highest BCUT2D eigenvalue weighted by Gasteiger charge is 2.17. The molecule has 0 aromatic heterocycles. The Labute approximate surface area is 148 Å². The lowest BCUT2D eigenvalue weighted by Crippen LogP contribution is -3.08. The van der Waals surface area contributed by atoms with Gasteiger partial charge in [0.25, 0.3) is 0 Å². The molecule has 0 saturated carbocycles. The number of hydrogen-bond donors (Lipinski definition) is 2. The minimum absolute atomic E-state index is 0.0423. The molecule has 0 radical (unpaired) electrons. The van der Waals surface area contributed by atoms with Crippen LogP contribution in [0.2, 0.25) is 5.02 Å². The highest BCUT2D eigenvalue weighted by molar-refractivity contribution is 6.30. The van der Waals surface area contributed by atoms with Gasteiger partial charge in [0.15, 0.2) is 0 Å². The first-order valence-corrected chi connectivity index (χ1v) is 9.00. The maximum absolute atomic E-state index is 12.2. The minimum Gasteiger partial charge on any atom is -0.352 e. The Morgan fingerprint density at radius 3 is 2.38 bits per heavy atom. The molecule has 4 heteroatoms. The lowest BCUT2D eigenvalue weighted by Gasteiger charge is -2.15. The van der Waals surface area contributed by atoms with Crippen molar-refractivity contribution >= 4 is 17.5 Å². The molecule has 24 heavy (non-hydrogen) atoms. The van der Waals surface area contributed by atoms with Crippen LogP contribution in [-0.4, -0.2) is 19.0 Å². The SMILES string of the molecule is O=C(Cc1ccc(Cl)cc1)NCc1ccccc1C[NH+]1CCCC1. The van der Waals surface area contributed by atoms with E-state index in [1.54, 1.807) is 4.90 Å². The Morgan fingerprint density at radius 1 is 1.00 bits per heavy atom. The molecule has 1 aliphatic rings. The van der Waals surface area contributed by atoms with E-state index in [0.717, 1.165) is 12.1 Å². The van der Waals surface area contributed by atoms with Gasteiger partial charge in [0.2, 0.25) is 5.91 Å². The van der Waals surface area contributed by atoms with E-state index < -0.39 is 0 Å². The molecule has 1 aliphatic heterocycles. The van der Waals surface area contributed by atoms with Gasteiger partial charge in [0.05, 0.1) is 19.5 Å². The molecule has 1 heterocycles. The van der Waals surface area contributed by atoms with Crippen molar-refractivity contribution in [2.45, 2.75) is 32.4 Å². The molecule has 3 rings (SSSR count). The predicted molar refractivity (Wildman–Crippen MR) is 97.1 cm³/mol. The highest BCUT2D eigenvalue weighted by atomic mass is 35.5. The third-order valence-electron chi connectivity index (χ3n) is 4.62. The summed E-state index contributed by atoms with van der Waals surface area (Å²) in [6.07, 6.45) is 3.04. The number of amides is 1. The monoisotopic (exact) mass is 343 g/mol.